The fraction of sp³-hybridized carbons (Fsp3) is 0.263. The molecule has 2 aromatic carbocycles. The number of nitro benzene ring substituents is 1. The molecule has 0 saturated heterocycles. The van der Waals surface area contributed by atoms with Crippen LogP contribution in [0.5, 0.6) is 11.5 Å². The van der Waals surface area contributed by atoms with E-state index in [0.717, 1.165) is 6.07 Å². The Morgan fingerprint density at radius 3 is 2.25 bits per heavy atom. The van der Waals surface area contributed by atoms with Crippen molar-refractivity contribution in [2.24, 2.45) is 0 Å². The second-order valence-electron chi connectivity index (χ2n) is 5.59. The van der Waals surface area contributed by atoms with Crippen molar-refractivity contribution < 1.29 is 24.0 Å². The Hall–Kier alpha value is -3.62. The summed E-state index contributed by atoms with van der Waals surface area (Å²) in [5, 5.41) is 16.5. The van der Waals surface area contributed by atoms with Crippen LogP contribution in [0, 0.1) is 10.1 Å². The highest BCUT2D eigenvalue weighted by molar-refractivity contribution is 5.99. The Labute approximate surface area is 161 Å². The predicted molar refractivity (Wildman–Crippen MR) is 102 cm³/mol. The van der Waals surface area contributed by atoms with Crippen LogP contribution in [0.4, 0.5) is 5.69 Å². The maximum atomic E-state index is 12.4. The zero-order valence-corrected chi connectivity index (χ0v) is 15.6. The molecule has 2 amide bonds. The van der Waals surface area contributed by atoms with Crippen molar-refractivity contribution >= 4 is 17.5 Å². The first kappa shape index (κ1) is 20.7. The van der Waals surface area contributed by atoms with Gasteiger partial charge in [-0.25, -0.2) is 0 Å². The molecule has 0 saturated carbocycles. The quantitative estimate of drug-likeness (QED) is 0.386. The number of nitro groups is 1. The minimum atomic E-state index is -0.659. The third kappa shape index (κ3) is 5.19. The van der Waals surface area contributed by atoms with Gasteiger partial charge in [0.15, 0.2) is 11.5 Å². The van der Waals surface area contributed by atoms with Gasteiger partial charge in [0.25, 0.3) is 17.5 Å². The minimum Gasteiger partial charge on any atom is -0.493 e. The Morgan fingerprint density at radius 1 is 1.04 bits per heavy atom. The van der Waals surface area contributed by atoms with Crippen molar-refractivity contribution in [3.8, 4) is 11.5 Å². The first-order valence-corrected chi connectivity index (χ1v) is 8.58. The molecule has 0 heterocycles. The molecule has 0 aliphatic carbocycles. The van der Waals surface area contributed by atoms with Gasteiger partial charge in [-0.3, -0.25) is 19.7 Å². The normalized spacial score (nSPS) is 10.1. The largest absolute Gasteiger partial charge is 0.493 e. The third-order valence-electron chi connectivity index (χ3n) is 3.76. The van der Waals surface area contributed by atoms with Gasteiger partial charge >= 0.3 is 0 Å². The van der Waals surface area contributed by atoms with Crippen molar-refractivity contribution in [1.29, 1.82) is 0 Å². The summed E-state index contributed by atoms with van der Waals surface area (Å²) in [6.45, 7) is 2.29. The Morgan fingerprint density at radius 2 is 1.68 bits per heavy atom. The average molecular weight is 387 g/mol. The van der Waals surface area contributed by atoms with Crippen molar-refractivity contribution in [3.05, 3.63) is 63.7 Å². The molecule has 2 aromatic rings. The van der Waals surface area contributed by atoms with E-state index in [9.17, 15) is 19.7 Å². The SMILES string of the molecule is CCOc1cc([N+](=O)[O-])c(C(=O)NCCNC(=O)c2ccccc2)cc1OC. The average Bonchev–Trinajstić information content (AvgIpc) is 2.71. The van der Waals surface area contributed by atoms with E-state index in [0.29, 0.717) is 12.2 Å². The van der Waals surface area contributed by atoms with E-state index in [4.69, 9.17) is 9.47 Å². The highest BCUT2D eigenvalue weighted by atomic mass is 16.6. The van der Waals surface area contributed by atoms with E-state index < -0.39 is 16.5 Å². The van der Waals surface area contributed by atoms with Gasteiger partial charge in [0.2, 0.25) is 0 Å². The molecule has 0 atom stereocenters. The molecule has 9 nitrogen and oxygen atoms in total. The zero-order valence-electron chi connectivity index (χ0n) is 15.6. The Balaban J connectivity index is 2.03. The van der Waals surface area contributed by atoms with Crippen LogP contribution < -0.4 is 20.1 Å². The van der Waals surface area contributed by atoms with Crippen molar-refractivity contribution in [2.75, 3.05) is 26.8 Å². The summed E-state index contributed by atoms with van der Waals surface area (Å²) in [7, 11) is 1.38. The van der Waals surface area contributed by atoms with Crippen LogP contribution in [-0.2, 0) is 0 Å². The van der Waals surface area contributed by atoms with Crippen molar-refractivity contribution in [2.45, 2.75) is 6.92 Å². The summed E-state index contributed by atoms with van der Waals surface area (Å²) >= 11 is 0. The number of methoxy groups -OCH3 is 1. The second-order valence-corrected chi connectivity index (χ2v) is 5.59. The number of carbonyl (C=O) groups is 2. The molecule has 28 heavy (non-hydrogen) atoms. The first-order valence-electron chi connectivity index (χ1n) is 8.58. The summed E-state index contributed by atoms with van der Waals surface area (Å²) in [6, 6.07) is 11.1. The van der Waals surface area contributed by atoms with Crippen molar-refractivity contribution in [3.63, 3.8) is 0 Å². The van der Waals surface area contributed by atoms with Crippen LogP contribution in [-0.4, -0.2) is 43.5 Å². The van der Waals surface area contributed by atoms with Crippen LogP contribution in [0.15, 0.2) is 42.5 Å². The van der Waals surface area contributed by atoms with Crippen LogP contribution in [0.25, 0.3) is 0 Å². The topological polar surface area (TPSA) is 120 Å². The Bertz CT molecular complexity index is 854. The number of benzene rings is 2. The molecule has 2 N–H and O–H groups in total. The lowest BCUT2D eigenvalue weighted by atomic mass is 10.1. The van der Waals surface area contributed by atoms with E-state index in [1.165, 1.54) is 13.2 Å². The number of nitrogens with one attached hydrogen (secondary N) is 2. The van der Waals surface area contributed by atoms with Crippen molar-refractivity contribution in [1.82, 2.24) is 10.6 Å². The van der Waals surface area contributed by atoms with Gasteiger partial charge in [0, 0.05) is 24.7 Å². The first-order chi connectivity index (χ1) is 13.5. The van der Waals surface area contributed by atoms with Crippen LogP contribution in [0.2, 0.25) is 0 Å². The Kier molecular flexibility index (Phi) is 7.32. The summed E-state index contributed by atoms with van der Waals surface area (Å²) in [4.78, 5) is 35.0. The molecular weight excluding hydrogens is 366 g/mol. The highest BCUT2D eigenvalue weighted by Gasteiger charge is 2.24. The summed E-state index contributed by atoms with van der Waals surface area (Å²) in [6.07, 6.45) is 0. The van der Waals surface area contributed by atoms with E-state index in [1.807, 2.05) is 0 Å². The predicted octanol–water partition coefficient (Wildman–Crippen LogP) is 2.16. The maximum absolute atomic E-state index is 12.4. The zero-order chi connectivity index (χ0) is 20.5. The molecule has 0 fully saturated rings. The van der Waals surface area contributed by atoms with E-state index in [1.54, 1.807) is 37.3 Å². The van der Waals surface area contributed by atoms with Gasteiger partial charge in [-0.1, -0.05) is 18.2 Å². The number of carbonyl (C=O) groups excluding carboxylic acids is 2. The molecule has 0 unspecified atom stereocenters. The van der Waals surface area contributed by atoms with Gasteiger partial charge in [0.1, 0.15) is 5.56 Å². The number of hydrogen-bond acceptors (Lipinski definition) is 6. The lowest BCUT2D eigenvalue weighted by molar-refractivity contribution is -0.385. The lowest BCUT2D eigenvalue weighted by Crippen LogP contribution is -2.34. The van der Waals surface area contributed by atoms with Gasteiger partial charge in [-0.2, -0.15) is 0 Å². The van der Waals surface area contributed by atoms with Gasteiger partial charge in [-0.05, 0) is 19.1 Å². The summed E-state index contributed by atoms with van der Waals surface area (Å²) < 4.78 is 10.5. The van der Waals surface area contributed by atoms with E-state index in [-0.39, 0.29) is 36.1 Å². The second kappa shape index (κ2) is 9.91. The van der Waals surface area contributed by atoms with Crippen LogP contribution >= 0.6 is 0 Å². The number of rotatable bonds is 9. The molecule has 0 aromatic heterocycles. The molecule has 0 bridgehead atoms. The van der Waals surface area contributed by atoms with E-state index in [2.05, 4.69) is 10.6 Å². The molecule has 0 radical (unpaired) electrons. The van der Waals surface area contributed by atoms with Crippen LogP contribution in [0.3, 0.4) is 0 Å². The molecule has 0 aliphatic heterocycles. The van der Waals surface area contributed by atoms with Gasteiger partial charge in [-0.15, -0.1) is 0 Å². The highest BCUT2D eigenvalue weighted by Crippen LogP contribution is 2.34. The smallest absolute Gasteiger partial charge is 0.286 e. The fourth-order valence-electron chi connectivity index (χ4n) is 2.45. The fourth-order valence-corrected chi connectivity index (χ4v) is 2.45. The molecule has 0 spiro atoms. The van der Waals surface area contributed by atoms with Gasteiger partial charge < -0.3 is 20.1 Å². The number of amides is 2. The van der Waals surface area contributed by atoms with E-state index >= 15 is 0 Å². The summed E-state index contributed by atoms with van der Waals surface area (Å²) in [5.41, 5.74) is -0.0459. The van der Waals surface area contributed by atoms with Crippen LogP contribution in [0.1, 0.15) is 27.6 Å². The summed E-state index contributed by atoms with van der Waals surface area (Å²) in [5.74, 6) is -0.524. The lowest BCUT2D eigenvalue weighted by Gasteiger charge is -2.12. The molecule has 2 rings (SSSR count). The molecule has 0 aliphatic rings. The standard InChI is InChI=1S/C19H21N3O6/c1-3-28-17-12-15(22(25)26)14(11-16(17)27-2)19(24)21-10-9-20-18(23)13-7-5-4-6-8-13/h4-8,11-12H,3,9-10H2,1-2H3,(H,20,23)(H,21,24). The number of ether oxygens (including phenoxy) is 2. The maximum Gasteiger partial charge on any atom is 0.286 e. The number of nitrogens with zero attached hydrogens (tertiary/aromatic N) is 1. The number of hydrogen-bond donors (Lipinski definition) is 2. The minimum absolute atomic E-state index is 0.101. The molecule has 9 heteroatoms. The van der Waals surface area contributed by atoms with Gasteiger partial charge in [0.05, 0.1) is 24.7 Å². The monoisotopic (exact) mass is 387 g/mol. The molecule has 148 valence electrons. The third-order valence-corrected chi connectivity index (χ3v) is 3.76. The molecular formula is C19H21N3O6.